The molecular formula is C18H24N4O2S. The van der Waals surface area contributed by atoms with Crippen LogP contribution in [0.25, 0.3) is 0 Å². The van der Waals surface area contributed by atoms with Crippen molar-refractivity contribution in [2.45, 2.75) is 46.0 Å². The third-order valence-corrected chi connectivity index (χ3v) is 4.52. The summed E-state index contributed by atoms with van der Waals surface area (Å²) in [6.07, 6.45) is 4.51. The van der Waals surface area contributed by atoms with Gasteiger partial charge in [0.05, 0.1) is 0 Å². The van der Waals surface area contributed by atoms with E-state index < -0.39 is 0 Å². The molecule has 0 aliphatic rings. The maximum Gasteiger partial charge on any atom is 0.251 e. The number of nitrogens with zero attached hydrogens (tertiary/aromatic N) is 2. The van der Waals surface area contributed by atoms with Gasteiger partial charge in [-0.1, -0.05) is 48.8 Å². The van der Waals surface area contributed by atoms with Gasteiger partial charge >= 0.3 is 0 Å². The van der Waals surface area contributed by atoms with E-state index in [9.17, 15) is 9.59 Å². The van der Waals surface area contributed by atoms with Crippen molar-refractivity contribution in [1.82, 2.24) is 15.5 Å². The standard InChI is InChI=1S/C18H24N4O2S/c1-3-4-5-9-16-21-22-18(25-16)20-15(23)10-11-19-17(24)14-8-6-7-13(2)12-14/h6-8,12H,3-5,9-11H2,1-2H3,(H,19,24)(H,20,22,23). The van der Waals surface area contributed by atoms with Crippen molar-refractivity contribution in [3.63, 3.8) is 0 Å². The highest BCUT2D eigenvalue weighted by molar-refractivity contribution is 7.15. The van der Waals surface area contributed by atoms with Crippen LogP contribution in [0.15, 0.2) is 24.3 Å². The second kappa shape index (κ2) is 9.88. The molecule has 0 aliphatic carbocycles. The molecule has 7 heteroatoms. The first-order valence-corrected chi connectivity index (χ1v) is 9.37. The van der Waals surface area contributed by atoms with Crippen LogP contribution < -0.4 is 10.6 Å². The zero-order chi connectivity index (χ0) is 18.1. The van der Waals surface area contributed by atoms with Crippen LogP contribution in [-0.4, -0.2) is 28.6 Å². The Labute approximate surface area is 152 Å². The first kappa shape index (κ1) is 19.1. The predicted molar refractivity (Wildman–Crippen MR) is 99.9 cm³/mol. The Morgan fingerprint density at radius 1 is 1.20 bits per heavy atom. The molecule has 2 aromatic rings. The van der Waals surface area contributed by atoms with Gasteiger partial charge < -0.3 is 10.6 Å². The van der Waals surface area contributed by atoms with Crippen molar-refractivity contribution in [3.8, 4) is 0 Å². The summed E-state index contributed by atoms with van der Waals surface area (Å²) in [6.45, 7) is 4.37. The number of hydrogen-bond acceptors (Lipinski definition) is 5. The van der Waals surface area contributed by atoms with Crippen LogP contribution in [-0.2, 0) is 11.2 Å². The Bertz CT molecular complexity index is 715. The van der Waals surface area contributed by atoms with Crippen LogP contribution in [0.2, 0.25) is 0 Å². The molecule has 0 radical (unpaired) electrons. The monoisotopic (exact) mass is 360 g/mol. The highest BCUT2D eigenvalue weighted by Crippen LogP contribution is 2.17. The van der Waals surface area contributed by atoms with Crippen molar-refractivity contribution in [2.24, 2.45) is 0 Å². The summed E-state index contributed by atoms with van der Waals surface area (Å²) in [7, 11) is 0. The van der Waals surface area contributed by atoms with E-state index in [1.807, 2.05) is 25.1 Å². The lowest BCUT2D eigenvalue weighted by Crippen LogP contribution is -2.27. The summed E-state index contributed by atoms with van der Waals surface area (Å²) in [5.74, 6) is -0.355. The largest absolute Gasteiger partial charge is 0.352 e. The first-order chi connectivity index (χ1) is 12.1. The maximum absolute atomic E-state index is 12.0. The van der Waals surface area contributed by atoms with Gasteiger partial charge in [0.2, 0.25) is 11.0 Å². The molecule has 1 aromatic heterocycles. The summed E-state index contributed by atoms with van der Waals surface area (Å²) in [4.78, 5) is 23.9. The molecule has 0 aliphatic heterocycles. The highest BCUT2D eigenvalue weighted by atomic mass is 32.1. The summed E-state index contributed by atoms with van der Waals surface area (Å²) >= 11 is 1.41. The summed E-state index contributed by atoms with van der Waals surface area (Å²) in [5, 5.41) is 15.0. The van der Waals surface area contributed by atoms with E-state index in [2.05, 4.69) is 27.8 Å². The minimum absolute atomic E-state index is 0.175. The Morgan fingerprint density at radius 2 is 2.04 bits per heavy atom. The van der Waals surface area contributed by atoms with Gasteiger partial charge in [0.1, 0.15) is 5.01 Å². The van der Waals surface area contributed by atoms with Crippen LogP contribution in [0, 0.1) is 6.92 Å². The van der Waals surface area contributed by atoms with Crippen LogP contribution in [0.3, 0.4) is 0 Å². The fourth-order valence-electron chi connectivity index (χ4n) is 2.29. The SMILES string of the molecule is CCCCCc1nnc(NC(=O)CCNC(=O)c2cccc(C)c2)s1. The minimum Gasteiger partial charge on any atom is -0.352 e. The van der Waals surface area contributed by atoms with E-state index in [0.29, 0.717) is 10.7 Å². The lowest BCUT2D eigenvalue weighted by atomic mass is 10.1. The lowest BCUT2D eigenvalue weighted by Gasteiger charge is -2.05. The molecular weight excluding hydrogens is 336 g/mol. The van der Waals surface area contributed by atoms with Crippen molar-refractivity contribution >= 4 is 28.3 Å². The van der Waals surface area contributed by atoms with Gasteiger partial charge in [-0.3, -0.25) is 9.59 Å². The van der Waals surface area contributed by atoms with Gasteiger partial charge in [-0.05, 0) is 25.5 Å². The van der Waals surface area contributed by atoms with E-state index in [0.717, 1.165) is 29.8 Å². The normalized spacial score (nSPS) is 10.5. The third kappa shape index (κ3) is 6.62. The van der Waals surface area contributed by atoms with Crippen molar-refractivity contribution < 1.29 is 9.59 Å². The summed E-state index contributed by atoms with van der Waals surface area (Å²) in [6, 6.07) is 7.34. The molecule has 25 heavy (non-hydrogen) atoms. The molecule has 0 unspecified atom stereocenters. The number of rotatable bonds is 9. The van der Waals surface area contributed by atoms with Gasteiger partial charge in [-0.15, -0.1) is 10.2 Å². The molecule has 134 valence electrons. The molecule has 1 aromatic carbocycles. The molecule has 0 fully saturated rings. The van der Waals surface area contributed by atoms with E-state index in [4.69, 9.17) is 0 Å². The molecule has 0 saturated heterocycles. The Hall–Kier alpha value is -2.28. The average molecular weight is 360 g/mol. The van der Waals surface area contributed by atoms with E-state index in [-0.39, 0.29) is 24.8 Å². The number of carbonyl (C=O) groups is 2. The Kier molecular flexibility index (Phi) is 7.53. The second-order valence-corrected chi connectivity index (χ2v) is 6.94. The zero-order valence-corrected chi connectivity index (χ0v) is 15.5. The van der Waals surface area contributed by atoms with E-state index in [1.165, 1.54) is 17.8 Å². The lowest BCUT2D eigenvalue weighted by molar-refractivity contribution is -0.116. The third-order valence-electron chi connectivity index (χ3n) is 3.63. The zero-order valence-electron chi connectivity index (χ0n) is 14.7. The molecule has 6 nitrogen and oxygen atoms in total. The number of anilines is 1. The molecule has 2 amide bonds. The molecule has 0 spiro atoms. The Morgan fingerprint density at radius 3 is 2.80 bits per heavy atom. The van der Waals surface area contributed by atoms with E-state index in [1.54, 1.807) is 6.07 Å². The summed E-state index contributed by atoms with van der Waals surface area (Å²) < 4.78 is 0. The number of benzene rings is 1. The number of carbonyl (C=O) groups excluding carboxylic acids is 2. The van der Waals surface area contributed by atoms with Crippen LogP contribution in [0.5, 0.6) is 0 Å². The number of hydrogen-bond donors (Lipinski definition) is 2. The minimum atomic E-state index is -0.180. The molecule has 2 rings (SSSR count). The number of unbranched alkanes of at least 4 members (excludes halogenated alkanes) is 2. The molecule has 0 bridgehead atoms. The van der Waals surface area contributed by atoms with Gasteiger partial charge in [-0.2, -0.15) is 0 Å². The molecule has 0 saturated carbocycles. The summed E-state index contributed by atoms with van der Waals surface area (Å²) in [5.41, 5.74) is 1.62. The number of aryl methyl sites for hydroxylation is 2. The molecule has 0 atom stereocenters. The quantitative estimate of drug-likeness (QED) is 0.672. The van der Waals surface area contributed by atoms with Gasteiger partial charge in [0, 0.05) is 24.9 Å². The number of amides is 2. The van der Waals surface area contributed by atoms with Crippen LogP contribution in [0.4, 0.5) is 5.13 Å². The Balaban J connectivity index is 1.71. The maximum atomic E-state index is 12.0. The number of aromatic nitrogens is 2. The topological polar surface area (TPSA) is 84.0 Å². The van der Waals surface area contributed by atoms with Crippen molar-refractivity contribution in [3.05, 3.63) is 40.4 Å². The smallest absolute Gasteiger partial charge is 0.251 e. The predicted octanol–water partition coefficient (Wildman–Crippen LogP) is 3.34. The first-order valence-electron chi connectivity index (χ1n) is 8.55. The van der Waals surface area contributed by atoms with Crippen LogP contribution >= 0.6 is 11.3 Å². The molecule has 1 heterocycles. The fourth-order valence-corrected chi connectivity index (χ4v) is 3.09. The highest BCUT2D eigenvalue weighted by Gasteiger charge is 2.10. The van der Waals surface area contributed by atoms with E-state index >= 15 is 0 Å². The second-order valence-electron chi connectivity index (χ2n) is 5.88. The molecule has 2 N–H and O–H groups in total. The fraction of sp³-hybridized carbons (Fsp3) is 0.444. The van der Waals surface area contributed by atoms with Crippen molar-refractivity contribution in [2.75, 3.05) is 11.9 Å². The van der Waals surface area contributed by atoms with Gasteiger partial charge in [-0.25, -0.2) is 0 Å². The number of nitrogens with one attached hydrogen (secondary N) is 2. The van der Waals surface area contributed by atoms with Crippen molar-refractivity contribution in [1.29, 1.82) is 0 Å². The average Bonchev–Trinajstić information content (AvgIpc) is 3.02. The van der Waals surface area contributed by atoms with Crippen LogP contribution in [0.1, 0.15) is 53.5 Å². The van der Waals surface area contributed by atoms with Gasteiger partial charge in [0.25, 0.3) is 5.91 Å². The van der Waals surface area contributed by atoms with Gasteiger partial charge in [0.15, 0.2) is 0 Å².